The van der Waals surface area contributed by atoms with Crippen LogP contribution in [0.5, 0.6) is 5.75 Å². The zero-order valence-corrected chi connectivity index (χ0v) is 18.8. The van der Waals surface area contributed by atoms with E-state index in [2.05, 4.69) is 17.5 Å². The molecular weight excluding hydrogens is 360 g/mol. The molecule has 1 rings (SSSR count). The fourth-order valence-electron chi connectivity index (χ4n) is 3.41. The number of amides is 1. The van der Waals surface area contributed by atoms with E-state index in [1.165, 1.54) is 70.6 Å². The van der Waals surface area contributed by atoms with E-state index in [9.17, 15) is 4.79 Å². The minimum absolute atomic E-state index is 0.0155. The highest BCUT2D eigenvalue weighted by Gasteiger charge is 2.01. The van der Waals surface area contributed by atoms with Gasteiger partial charge >= 0.3 is 0 Å². The van der Waals surface area contributed by atoms with Gasteiger partial charge in [-0.1, -0.05) is 96.1 Å². The molecule has 0 aliphatic heterocycles. The monoisotopic (exact) mass is 402 g/mol. The number of rotatable bonds is 18. The van der Waals surface area contributed by atoms with Gasteiger partial charge < -0.3 is 4.74 Å². The normalized spacial score (nSPS) is 11.1. The Morgan fingerprint density at radius 2 is 1.41 bits per heavy atom. The van der Waals surface area contributed by atoms with Gasteiger partial charge in [0.2, 0.25) is 5.91 Å². The first kappa shape index (κ1) is 25.2. The number of hydrogen-bond acceptors (Lipinski definition) is 3. The lowest BCUT2D eigenvalue weighted by Gasteiger charge is -2.06. The molecular formula is C25H42N2O2. The number of nitrogens with one attached hydrogen (secondary N) is 1. The lowest BCUT2D eigenvalue weighted by atomic mass is 10.0. The van der Waals surface area contributed by atoms with Gasteiger partial charge in [0, 0.05) is 12.0 Å². The van der Waals surface area contributed by atoms with Gasteiger partial charge in [-0.15, -0.1) is 0 Å². The highest BCUT2D eigenvalue weighted by atomic mass is 16.5. The topological polar surface area (TPSA) is 50.7 Å². The number of ether oxygens (including phenoxy) is 1. The van der Waals surface area contributed by atoms with E-state index in [0.29, 0.717) is 13.0 Å². The van der Waals surface area contributed by atoms with Crippen molar-refractivity contribution in [2.45, 2.75) is 104 Å². The van der Waals surface area contributed by atoms with Crippen molar-refractivity contribution in [3.63, 3.8) is 0 Å². The maximum Gasteiger partial charge on any atom is 0.240 e. The number of hydrazone groups is 1. The van der Waals surface area contributed by atoms with E-state index < -0.39 is 0 Å². The van der Waals surface area contributed by atoms with E-state index in [0.717, 1.165) is 24.2 Å². The third kappa shape index (κ3) is 13.9. The van der Waals surface area contributed by atoms with E-state index in [1.807, 2.05) is 31.2 Å². The summed E-state index contributed by atoms with van der Waals surface area (Å²) in [6.45, 7) is 4.83. The number of benzene rings is 1. The molecule has 0 aliphatic rings. The Morgan fingerprint density at radius 1 is 0.862 bits per heavy atom. The minimum atomic E-state index is -0.0155. The van der Waals surface area contributed by atoms with Gasteiger partial charge in [0.05, 0.1) is 12.8 Å². The second-order valence-corrected chi connectivity index (χ2v) is 7.76. The Balaban J connectivity index is 1.97. The molecule has 1 amide bonds. The average molecular weight is 403 g/mol. The van der Waals surface area contributed by atoms with E-state index in [1.54, 1.807) is 6.21 Å². The summed E-state index contributed by atoms with van der Waals surface area (Å²) in [7, 11) is 0. The van der Waals surface area contributed by atoms with Crippen LogP contribution in [-0.4, -0.2) is 18.7 Å². The van der Waals surface area contributed by atoms with E-state index >= 15 is 0 Å². The third-order valence-electron chi connectivity index (χ3n) is 5.12. The van der Waals surface area contributed by atoms with Crippen LogP contribution >= 0.6 is 0 Å². The molecule has 4 heteroatoms. The van der Waals surface area contributed by atoms with Crippen molar-refractivity contribution in [2.75, 3.05) is 6.61 Å². The second kappa shape index (κ2) is 18.2. The first-order chi connectivity index (χ1) is 14.3. The molecule has 0 saturated heterocycles. The molecule has 4 nitrogen and oxygen atoms in total. The molecule has 0 atom stereocenters. The molecule has 0 saturated carbocycles. The van der Waals surface area contributed by atoms with Gasteiger partial charge in [0.15, 0.2) is 0 Å². The largest absolute Gasteiger partial charge is 0.493 e. The SMILES string of the molecule is CCCCCCCCCCCCCCCC(=O)N/N=C/c1ccccc1OCC. The van der Waals surface area contributed by atoms with Crippen molar-refractivity contribution >= 4 is 12.1 Å². The van der Waals surface area contributed by atoms with Crippen molar-refractivity contribution < 1.29 is 9.53 Å². The summed E-state index contributed by atoms with van der Waals surface area (Å²) in [4.78, 5) is 11.9. The van der Waals surface area contributed by atoms with E-state index in [-0.39, 0.29) is 5.91 Å². The van der Waals surface area contributed by atoms with Crippen LogP contribution < -0.4 is 10.2 Å². The zero-order valence-electron chi connectivity index (χ0n) is 18.8. The average Bonchev–Trinajstić information content (AvgIpc) is 2.73. The lowest BCUT2D eigenvalue weighted by molar-refractivity contribution is -0.121. The minimum Gasteiger partial charge on any atom is -0.493 e. The first-order valence-corrected chi connectivity index (χ1v) is 11.8. The quantitative estimate of drug-likeness (QED) is 0.163. The van der Waals surface area contributed by atoms with Gasteiger partial charge in [-0.2, -0.15) is 5.10 Å². The van der Waals surface area contributed by atoms with Gasteiger partial charge in [-0.3, -0.25) is 4.79 Å². The van der Waals surface area contributed by atoms with Crippen molar-refractivity contribution in [3.8, 4) is 5.75 Å². The fourth-order valence-corrected chi connectivity index (χ4v) is 3.41. The number of nitrogens with zero attached hydrogens (tertiary/aromatic N) is 1. The summed E-state index contributed by atoms with van der Waals surface area (Å²) >= 11 is 0. The van der Waals surface area contributed by atoms with Crippen LogP contribution in [0.2, 0.25) is 0 Å². The number of para-hydroxylation sites is 1. The Bertz CT molecular complexity index is 558. The predicted octanol–water partition coefficient (Wildman–Crippen LogP) is 7.02. The highest BCUT2D eigenvalue weighted by Crippen LogP contribution is 2.15. The van der Waals surface area contributed by atoms with Crippen LogP contribution in [0.3, 0.4) is 0 Å². The molecule has 1 aromatic rings. The van der Waals surface area contributed by atoms with Gasteiger partial charge in [0.1, 0.15) is 5.75 Å². The van der Waals surface area contributed by atoms with Crippen LogP contribution in [-0.2, 0) is 4.79 Å². The summed E-state index contributed by atoms with van der Waals surface area (Å²) < 4.78 is 5.54. The summed E-state index contributed by atoms with van der Waals surface area (Å²) in [5.74, 6) is 0.766. The number of unbranched alkanes of at least 4 members (excludes halogenated alkanes) is 12. The summed E-state index contributed by atoms with van der Waals surface area (Å²) in [5.41, 5.74) is 3.49. The smallest absolute Gasteiger partial charge is 0.240 e. The molecule has 1 N–H and O–H groups in total. The fraction of sp³-hybridized carbons (Fsp3) is 0.680. The summed E-state index contributed by atoms with van der Waals surface area (Å²) in [5, 5.41) is 4.06. The molecule has 0 heterocycles. The zero-order chi connectivity index (χ0) is 21.0. The van der Waals surface area contributed by atoms with Crippen LogP contribution in [0.15, 0.2) is 29.4 Å². The second-order valence-electron chi connectivity index (χ2n) is 7.76. The molecule has 0 aromatic heterocycles. The van der Waals surface area contributed by atoms with Crippen LogP contribution in [0, 0.1) is 0 Å². The predicted molar refractivity (Wildman–Crippen MR) is 124 cm³/mol. The molecule has 164 valence electrons. The molecule has 0 spiro atoms. The number of hydrogen-bond donors (Lipinski definition) is 1. The summed E-state index contributed by atoms with van der Waals surface area (Å²) in [6.07, 6.45) is 19.2. The molecule has 0 unspecified atom stereocenters. The summed E-state index contributed by atoms with van der Waals surface area (Å²) in [6, 6.07) is 7.68. The third-order valence-corrected chi connectivity index (χ3v) is 5.12. The van der Waals surface area contributed by atoms with Crippen LogP contribution in [0.4, 0.5) is 0 Å². The Labute approximate surface area is 178 Å². The molecule has 0 fully saturated rings. The maximum absolute atomic E-state index is 11.9. The van der Waals surface area contributed by atoms with Crippen molar-refractivity contribution in [1.29, 1.82) is 0 Å². The van der Waals surface area contributed by atoms with Crippen LogP contribution in [0.1, 0.15) is 109 Å². The molecule has 0 bridgehead atoms. The molecule has 0 aliphatic carbocycles. The number of carbonyl (C=O) groups is 1. The molecule has 29 heavy (non-hydrogen) atoms. The Morgan fingerprint density at radius 3 is 2.00 bits per heavy atom. The number of carbonyl (C=O) groups excluding carboxylic acids is 1. The first-order valence-electron chi connectivity index (χ1n) is 11.8. The standard InChI is InChI=1S/C25H42N2O2/c1-3-5-6-7-8-9-10-11-12-13-14-15-16-21-25(28)27-26-22-23-19-17-18-20-24(23)29-4-2/h17-20,22H,3-16,21H2,1-2H3,(H,27,28)/b26-22+. The van der Waals surface area contributed by atoms with Crippen LogP contribution in [0.25, 0.3) is 0 Å². The Hall–Kier alpha value is -1.84. The van der Waals surface area contributed by atoms with E-state index in [4.69, 9.17) is 4.74 Å². The van der Waals surface area contributed by atoms with Crippen molar-refractivity contribution in [3.05, 3.63) is 29.8 Å². The van der Waals surface area contributed by atoms with Crippen molar-refractivity contribution in [1.82, 2.24) is 5.43 Å². The van der Waals surface area contributed by atoms with Crippen molar-refractivity contribution in [2.24, 2.45) is 5.10 Å². The van der Waals surface area contributed by atoms with Gasteiger partial charge in [-0.05, 0) is 25.5 Å². The maximum atomic E-state index is 11.9. The molecule has 0 radical (unpaired) electrons. The van der Waals surface area contributed by atoms with Gasteiger partial charge in [0.25, 0.3) is 0 Å². The highest BCUT2D eigenvalue weighted by molar-refractivity contribution is 5.85. The Kier molecular flexibility index (Phi) is 15.8. The van der Waals surface area contributed by atoms with Gasteiger partial charge in [-0.25, -0.2) is 5.43 Å². The molecule has 1 aromatic carbocycles. The lowest BCUT2D eigenvalue weighted by Crippen LogP contribution is -2.17.